The predicted molar refractivity (Wildman–Crippen MR) is 72.4 cm³/mol. The number of ether oxygens (including phenoxy) is 1. The van der Waals surface area contributed by atoms with Gasteiger partial charge in [-0.3, -0.25) is 9.48 Å². The highest BCUT2D eigenvalue weighted by atomic mass is 16.5. The Labute approximate surface area is 116 Å². The minimum absolute atomic E-state index is 0.190. The molecule has 0 bridgehead atoms. The second-order valence-electron chi connectivity index (χ2n) is 4.97. The van der Waals surface area contributed by atoms with Gasteiger partial charge in [0.15, 0.2) is 0 Å². The monoisotopic (exact) mass is 275 g/mol. The molecule has 6 heteroatoms. The molecule has 1 aliphatic rings. The number of furan rings is 1. The third-order valence-corrected chi connectivity index (χ3v) is 3.46. The zero-order valence-electron chi connectivity index (χ0n) is 11.1. The van der Waals surface area contributed by atoms with Gasteiger partial charge in [-0.1, -0.05) is 0 Å². The SMILES string of the molecule is O=C(Nc1cnn(CC2CCOCC2)c1)c1ccoc1. The van der Waals surface area contributed by atoms with Crippen LogP contribution >= 0.6 is 0 Å². The van der Waals surface area contributed by atoms with Crippen molar-refractivity contribution < 1.29 is 13.9 Å². The number of hydrogen-bond donors (Lipinski definition) is 1. The van der Waals surface area contributed by atoms with Crippen LogP contribution in [0, 0.1) is 5.92 Å². The molecule has 1 saturated heterocycles. The van der Waals surface area contributed by atoms with E-state index in [0.717, 1.165) is 32.6 Å². The number of amides is 1. The molecule has 1 N–H and O–H groups in total. The van der Waals surface area contributed by atoms with Gasteiger partial charge in [0.25, 0.3) is 5.91 Å². The van der Waals surface area contributed by atoms with Crippen molar-refractivity contribution in [3.8, 4) is 0 Å². The maximum atomic E-state index is 11.8. The van der Waals surface area contributed by atoms with E-state index in [4.69, 9.17) is 9.15 Å². The van der Waals surface area contributed by atoms with Crippen LogP contribution < -0.4 is 5.32 Å². The smallest absolute Gasteiger partial charge is 0.259 e. The maximum Gasteiger partial charge on any atom is 0.259 e. The van der Waals surface area contributed by atoms with E-state index in [-0.39, 0.29) is 5.91 Å². The molecule has 0 atom stereocenters. The standard InChI is InChI=1S/C14H17N3O3/c18-14(12-3-6-20-10-12)16-13-7-15-17(9-13)8-11-1-4-19-5-2-11/h3,6-7,9-11H,1-2,4-5,8H2,(H,16,18). The summed E-state index contributed by atoms with van der Waals surface area (Å²) in [6.07, 6.45) is 8.54. The van der Waals surface area contributed by atoms with E-state index < -0.39 is 0 Å². The van der Waals surface area contributed by atoms with Crippen molar-refractivity contribution in [2.75, 3.05) is 18.5 Å². The van der Waals surface area contributed by atoms with Crippen molar-refractivity contribution in [2.24, 2.45) is 5.92 Å². The quantitative estimate of drug-likeness (QED) is 0.928. The van der Waals surface area contributed by atoms with Gasteiger partial charge in [-0.2, -0.15) is 5.10 Å². The first-order valence-corrected chi connectivity index (χ1v) is 6.75. The molecule has 2 aromatic heterocycles. The average Bonchev–Trinajstić information content (AvgIpc) is 3.11. The van der Waals surface area contributed by atoms with Crippen LogP contribution in [0.15, 0.2) is 35.4 Å². The first-order chi connectivity index (χ1) is 9.81. The normalized spacial score (nSPS) is 16.2. The lowest BCUT2D eigenvalue weighted by atomic mass is 10.0. The summed E-state index contributed by atoms with van der Waals surface area (Å²) in [6, 6.07) is 1.63. The van der Waals surface area contributed by atoms with Crippen LogP contribution in [0.25, 0.3) is 0 Å². The zero-order valence-corrected chi connectivity index (χ0v) is 11.1. The van der Waals surface area contributed by atoms with Crippen molar-refractivity contribution in [2.45, 2.75) is 19.4 Å². The first-order valence-electron chi connectivity index (χ1n) is 6.75. The summed E-state index contributed by atoms with van der Waals surface area (Å²) < 4.78 is 12.1. The molecular formula is C14H17N3O3. The molecule has 3 heterocycles. The summed E-state index contributed by atoms with van der Waals surface area (Å²) >= 11 is 0. The summed E-state index contributed by atoms with van der Waals surface area (Å²) in [5.74, 6) is 0.408. The fourth-order valence-electron chi connectivity index (χ4n) is 2.32. The summed E-state index contributed by atoms with van der Waals surface area (Å²) in [6.45, 7) is 2.52. The van der Waals surface area contributed by atoms with E-state index in [1.165, 1.54) is 12.5 Å². The predicted octanol–water partition coefficient (Wildman–Crippen LogP) is 2.16. The van der Waals surface area contributed by atoms with Gasteiger partial charge in [0.05, 0.1) is 23.7 Å². The number of anilines is 1. The van der Waals surface area contributed by atoms with Crippen molar-refractivity contribution in [1.29, 1.82) is 0 Å². The van der Waals surface area contributed by atoms with Gasteiger partial charge in [0, 0.05) is 26.0 Å². The van der Waals surface area contributed by atoms with Crippen LogP contribution in [0.5, 0.6) is 0 Å². The first kappa shape index (κ1) is 12.9. The minimum atomic E-state index is -0.190. The van der Waals surface area contributed by atoms with E-state index in [1.807, 2.05) is 10.9 Å². The molecule has 1 fully saturated rings. The average molecular weight is 275 g/mol. The Bertz CT molecular complexity index is 556. The molecule has 106 valence electrons. The largest absolute Gasteiger partial charge is 0.472 e. The molecule has 0 radical (unpaired) electrons. The number of rotatable bonds is 4. The second kappa shape index (κ2) is 5.92. The van der Waals surface area contributed by atoms with Crippen LogP contribution in [-0.2, 0) is 11.3 Å². The number of hydrogen-bond acceptors (Lipinski definition) is 4. The van der Waals surface area contributed by atoms with Crippen LogP contribution in [0.2, 0.25) is 0 Å². The molecule has 2 aromatic rings. The highest BCUT2D eigenvalue weighted by Gasteiger charge is 2.15. The van der Waals surface area contributed by atoms with Gasteiger partial charge in [0.2, 0.25) is 0 Å². The summed E-state index contributed by atoms with van der Waals surface area (Å²) in [5.41, 5.74) is 1.20. The molecule has 6 nitrogen and oxygen atoms in total. The summed E-state index contributed by atoms with van der Waals surface area (Å²) in [5, 5.41) is 7.08. The summed E-state index contributed by atoms with van der Waals surface area (Å²) in [7, 11) is 0. The Kier molecular flexibility index (Phi) is 3.83. The molecular weight excluding hydrogens is 258 g/mol. The second-order valence-corrected chi connectivity index (χ2v) is 4.97. The molecule has 0 aliphatic carbocycles. The van der Waals surface area contributed by atoms with E-state index in [0.29, 0.717) is 17.2 Å². The number of carbonyl (C=O) groups excluding carboxylic acids is 1. The molecule has 1 amide bonds. The highest BCUT2D eigenvalue weighted by molar-refractivity contribution is 6.03. The fourth-order valence-corrected chi connectivity index (χ4v) is 2.32. The Morgan fingerprint density at radius 2 is 2.30 bits per heavy atom. The Morgan fingerprint density at radius 1 is 1.45 bits per heavy atom. The molecule has 20 heavy (non-hydrogen) atoms. The number of carbonyl (C=O) groups is 1. The molecule has 3 rings (SSSR count). The lowest BCUT2D eigenvalue weighted by Gasteiger charge is -2.21. The molecule has 0 spiro atoms. The van der Waals surface area contributed by atoms with Gasteiger partial charge >= 0.3 is 0 Å². The third-order valence-electron chi connectivity index (χ3n) is 3.46. The topological polar surface area (TPSA) is 69.3 Å². The number of nitrogens with one attached hydrogen (secondary N) is 1. The maximum absolute atomic E-state index is 11.8. The van der Waals surface area contributed by atoms with Crippen LogP contribution in [-0.4, -0.2) is 28.9 Å². The Balaban J connectivity index is 1.57. The summed E-state index contributed by atoms with van der Waals surface area (Å²) in [4.78, 5) is 11.8. The van der Waals surface area contributed by atoms with Crippen molar-refractivity contribution in [3.05, 3.63) is 36.5 Å². The highest BCUT2D eigenvalue weighted by Crippen LogP contribution is 2.17. The van der Waals surface area contributed by atoms with Gasteiger partial charge in [-0.15, -0.1) is 0 Å². The van der Waals surface area contributed by atoms with Crippen molar-refractivity contribution >= 4 is 11.6 Å². The Hall–Kier alpha value is -2.08. The number of aromatic nitrogens is 2. The Morgan fingerprint density at radius 3 is 3.05 bits per heavy atom. The van der Waals surface area contributed by atoms with E-state index >= 15 is 0 Å². The lowest BCUT2D eigenvalue weighted by molar-refractivity contribution is 0.0601. The van der Waals surface area contributed by atoms with Crippen LogP contribution in [0.3, 0.4) is 0 Å². The number of nitrogens with zero attached hydrogens (tertiary/aromatic N) is 2. The lowest BCUT2D eigenvalue weighted by Crippen LogP contribution is -2.20. The van der Waals surface area contributed by atoms with Gasteiger partial charge in [-0.25, -0.2) is 0 Å². The van der Waals surface area contributed by atoms with Gasteiger partial charge < -0.3 is 14.5 Å². The van der Waals surface area contributed by atoms with Crippen LogP contribution in [0.4, 0.5) is 5.69 Å². The van der Waals surface area contributed by atoms with Gasteiger partial charge in [-0.05, 0) is 24.8 Å². The van der Waals surface area contributed by atoms with E-state index in [2.05, 4.69) is 10.4 Å². The molecule has 0 saturated carbocycles. The molecule has 1 aliphatic heterocycles. The third kappa shape index (κ3) is 3.08. The van der Waals surface area contributed by atoms with Crippen molar-refractivity contribution in [1.82, 2.24) is 9.78 Å². The van der Waals surface area contributed by atoms with Crippen LogP contribution in [0.1, 0.15) is 23.2 Å². The van der Waals surface area contributed by atoms with Crippen molar-refractivity contribution in [3.63, 3.8) is 0 Å². The van der Waals surface area contributed by atoms with E-state index in [9.17, 15) is 4.79 Å². The minimum Gasteiger partial charge on any atom is -0.472 e. The van der Waals surface area contributed by atoms with Gasteiger partial charge in [0.1, 0.15) is 6.26 Å². The van der Waals surface area contributed by atoms with E-state index in [1.54, 1.807) is 12.3 Å². The molecule has 0 unspecified atom stereocenters. The fraction of sp³-hybridized carbons (Fsp3) is 0.429. The molecule has 0 aromatic carbocycles. The zero-order chi connectivity index (χ0) is 13.8.